The van der Waals surface area contributed by atoms with Gasteiger partial charge in [0.2, 0.25) is 0 Å². The lowest BCUT2D eigenvalue weighted by Crippen LogP contribution is -2.49. The molecule has 3 aromatic rings. The van der Waals surface area contributed by atoms with Gasteiger partial charge in [0.25, 0.3) is 5.78 Å². The molecule has 154 valence electrons. The number of piperidine rings is 2. The summed E-state index contributed by atoms with van der Waals surface area (Å²) in [5.74, 6) is 4.23. The van der Waals surface area contributed by atoms with E-state index in [1.54, 1.807) is 6.21 Å². The summed E-state index contributed by atoms with van der Waals surface area (Å²) in [4.78, 5) is 11.9. The summed E-state index contributed by atoms with van der Waals surface area (Å²) in [6, 6.07) is 12.7. The van der Waals surface area contributed by atoms with Gasteiger partial charge in [0, 0.05) is 18.7 Å². The van der Waals surface area contributed by atoms with Crippen LogP contribution in [0, 0.1) is 5.92 Å². The van der Waals surface area contributed by atoms with E-state index in [0.29, 0.717) is 30.9 Å². The number of anilines is 2. The molecule has 5 heterocycles. The molecule has 8 nitrogen and oxygen atoms in total. The van der Waals surface area contributed by atoms with Gasteiger partial charge in [-0.05, 0) is 37.2 Å². The topological polar surface area (TPSA) is 79.9 Å². The first-order valence-electron chi connectivity index (χ1n) is 10.8. The number of aromatic nitrogens is 4. The van der Waals surface area contributed by atoms with Crippen LogP contribution >= 0.6 is 0 Å². The van der Waals surface area contributed by atoms with Crippen LogP contribution in [0.15, 0.2) is 41.5 Å². The molecule has 2 bridgehead atoms. The van der Waals surface area contributed by atoms with Crippen molar-refractivity contribution in [1.29, 1.82) is 0 Å². The third kappa shape index (κ3) is 3.21. The summed E-state index contributed by atoms with van der Waals surface area (Å²) < 4.78 is 7.26. The van der Waals surface area contributed by atoms with Gasteiger partial charge in [-0.25, -0.2) is 0 Å². The van der Waals surface area contributed by atoms with Gasteiger partial charge in [-0.15, -0.1) is 5.10 Å². The molecule has 1 saturated carbocycles. The van der Waals surface area contributed by atoms with Crippen LogP contribution in [0.5, 0.6) is 0 Å². The maximum Gasteiger partial charge on any atom is 0.256 e. The van der Waals surface area contributed by atoms with Crippen LogP contribution < -0.4 is 10.3 Å². The molecule has 2 aromatic heterocycles. The molecule has 0 amide bonds. The molecule has 1 aliphatic carbocycles. The largest absolute Gasteiger partial charge is 0.380 e. The second-order valence-corrected chi connectivity index (χ2v) is 8.52. The van der Waals surface area contributed by atoms with Crippen molar-refractivity contribution in [3.8, 4) is 0 Å². The molecule has 4 aliphatic rings. The summed E-state index contributed by atoms with van der Waals surface area (Å²) in [6.45, 7) is 2.46. The van der Waals surface area contributed by atoms with Gasteiger partial charge in [0.15, 0.2) is 11.6 Å². The van der Waals surface area contributed by atoms with Crippen molar-refractivity contribution in [3.63, 3.8) is 0 Å². The van der Waals surface area contributed by atoms with Crippen molar-refractivity contribution in [1.82, 2.24) is 19.6 Å². The molecule has 4 fully saturated rings. The molecular formula is C22H25N7O. The summed E-state index contributed by atoms with van der Waals surface area (Å²) in [5, 5.41) is 9.21. The number of nitrogens with zero attached hydrogens (tertiary/aromatic N) is 6. The van der Waals surface area contributed by atoms with Crippen LogP contribution in [-0.2, 0) is 4.74 Å². The SMILES string of the molecule is C(=N\Nc1cc(N2CC3CCC2CC3)n2nc(C3COC3)nc2n1)/c1ccccc1. The Bertz CT molecular complexity index is 1070. The Labute approximate surface area is 175 Å². The molecule has 0 atom stereocenters. The molecule has 7 rings (SSSR count). The third-order valence-electron chi connectivity index (χ3n) is 6.51. The first kappa shape index (κ1) is 17.8. The zero-order chi connectivity index (χ0) is 19.9. The lowest BCUT2D eigenvalue weighted by atomic mass is 9.80. The predicted octanol–water partition coefficient (Wildman–Crippen LogP) is 3.06. The highest BCUT2D eigenvalue weighted by molar-refractivity contribution is 5.80. The van der Waals surface area contributed by atoms with Crippen LogP contribution in [0.1, 0.15) is 43.0 Å². The number of hydrogen-bond acceptors (Lipinski definition) is 7. The quantitative estimate of drug-likeness (QED) is 0.521. The van der Waals surface area contributed by atoms with Crippen molar-refractivity contribution in [3.05, 3.63) is 47.8 Å². The maximum absolute atomic E-state index is 5.34. The minimum atomic E-state index is 0.268. The Morgan fingerprint density at radius 2 is 1.90 bits per heavy atom. The van der Waals surface area contributed by atoms with Crippen LogP contribution in [-0.4, -0.2) is 51.6 Å². The van der Waals surface area contributed by atoms with Crippen molar-refractivity contribution >= 4 is 23.6 Å². The summed E-state index contributed by atoms with van der Waals surface area (Å²) in [7, 11) is 0. The second-order valence-electron chi connectivity index (χ2n) is 8.52. The third-order valence-corrected chi connectivity index (χ3v) is 6.51. The molecule has 30 heavy (non-hydrogen) atoms. The average Bonchev–Trinajstić information content (AvgIpc) is 3.16. The highest BCUT2D eigenvalue weighted by Crippen LogP contribution is 2.38. The fraction of sp³-hybridized carbons (Fsp3) is 0.455. The average molecular weight is 403 g/mol. The lowest BCUT2D eigenvalue weighted by molar-refractivity contribution is 0.00496. The Morgan fingerprint density at radius 3 is 2.60 bits per heavy atom. The van der Waals surface area contributed by atoms with Gasteiger partial charge in [0.05, 0.1) is 25.3 Å². The molecule has 0 radical (unpaired) electrons. The summed E-state index contributed by atoms with van der Waals surface area (Å²) in [5.41, 5.74) is 4.14. The standard InChI is InChI=1S/C22H25N7O/c1-2-4-15(5-3-1)11-23-26-19-10-20(28-12-16-6-8-18(28)9-7-16)29-22(24-19)25-21(27-29)17-13-30-14-17/h1-5,10-11,16-18H,6-9,12-14H2,(H,24,25,26,27)/b23-11+. The van der Waals surface area contributed by atoms with Gasteiger partial charge >= 0.3 is 0 Å². The Hall–Kier alpha value is -3.00. The number of nitrogens with one attached hydrogen (secondary N) is 1. The molecular weight excluding hydrogens is 378 g/mol. The van der Waals surface area contributed by atoms with Crippen molar-refractivity contribution < 1.29 is 4.74 Å². The number of rotatable bonds is 5. The van der Waals surface area contributed by atoms with Crippen molar-refractivity contribution in [2.45, 2.75) is 37.6 Å². The second kappa shape index (κ2) is 7.36. The first-order valence-corrected chi connectivity index (χ1v) is 10.8. The number of ether oxygens (including phenoxy) is 1. The molecule has 8 heteroatoms. The van der Waals surface area contributed by atoms with E-state index in [1.807, 2.05) is 34.8 Å². The molecule has 0 spiro atoms. The van der Waals surface area contributed by atoms with E-state index in [4.69, 9.17) is 14.8 Å². The zero-order valence-electron chi connectivity index (χ0n) is 16.8. The zero-order valence-corrected chi connectivity index (χ0v) is 16.8. The predicted molar refractivity (Wildman–Crippen MR) is 115 cm³/mol. The fourth-order valence-electron chi connectivity index (χ4n) is 4.75. The van der Waals surface area contributed by atoms with E-state index in [1.165, 1.54) is 25.7 Å². The molecule has 1 N–H and O–H groups in total. The van der Waals surface area contributed by atoms with E-state index in [9.17, 15) is 0 Å². The normalized spacial score (nSPS) is 23.9. The summed E-state index contributed by atoms with van der Waals surface area (Å²) >= 11 is 0. The van der Waals surface area contributed by atoms with Crippen LogP contribution in [0.4, 0.5) is 11.6 Å². The van der Waals surface area contributed by atoms with Gasteiger partial charge < -0.3 is 9.64 Å². The minimum absolute atomic E-state index is 0.268. The Balaban J connectivity index is 1.36. The van der Waals surface area contributed by atoms with Gasteiger partial charge in [-0.2, -0.15) is 19.6 Å². The molecule has 3 saturated heterocycles. The van der Waals surface area contributed by atoms with Crippen LogP contribution in [0.25, 0.3) is 5.78 Å². The number of hydrogen-bond donors (Lipinski definition) is 1. The van der Waals surface area contributed by atoms with E-state index in [-0.39, 0.29) is 5.92 Å². The monoisotopic (exact) mass is 403 g/mol. The number of hydrazone groups is 1. The molecule has 3 aliphatic heterocycles. The Morgan fingerprint density at radius 1 is 1.07 bits per heavy atom. The Kier molecular flexibility index (Phi) is 4.37. The highest BCUT2D eigenvalue weighted by atomic mass is 16.5. The van der Waals surface area contributed by atoms with Crippen LogP contribution in [0.3, 0.4) is 0 Å². The lowest BCUT2D eigenvalue weighted by Gasteiger charge is -2.46. The highest BCUT2D eigenvalue weighted by Gasteiger charge is 2.36. The maximum atomic E-state index is 5.34. The van der Waals surface area contributed by atoms with Gasteiger partial charge in [-0.3, -0.25) is 5.43 Å². The fourth-order valence-corrected chi connectivity index (χ4v) is 4.75. The smallest absolute Gasteiger partial charge is 0.256 e. The van der Waals surface area contributed by atoms with E-state index < -0.39 is 0 Å². The van der Waals surface area contributed by atoms with E-state index >= 15 is 0 Å². The van der Waals surface area contributed by atoms with Crippen molar-refractivity contribution in [2.24, 2.45) is 11.0 Å². The van der Waals surface area contributed by atoms with E-state index in [0.717, 1.165) is 29.7 Å². The minimum Gasteiger partial charge on any atom is -0.380 e. The molecule has 1 aromatic carbocycles. The van der Waals surface area contributed by atoms with Crippen LogP contribution in [0.2, 0.25) is 0 Å². The van der Waals surface area contributed by atoms with E-state index in [2.05, 4.69) is 26.5 Å². The first-order chi connectivity index (χ1) is 14.8. The summed E-state index contributed by atoms with van der Waals surface area (Å²) in [6.07, 6.45) is 6.98. The number of benzene rings is 1. The number of fused-ring (bicyclic) bond motifs is 4. The van der Waals surface area contributed by atoms with Crippen molar-refractivity contribution in [2.75, 3.05) is 30.1 Å². The van der Waals surface area contributed by atoms with Gasteiger partial charge in [-0.1, -0.05) is 30.3 Å². The molecule has 0 unspecified atom stereocenters. The van der Waals surface area contributed by atoms with Gasteiger partial charge in [0.1, 0.15) is 5.82 Å².